The number of hydrogen-bond acceptors (Lipinski definition) is 14. The van der Waals surface area contributed by atoms with E-state index >= 15 is 0 Å². The van der Waals surface area contributed by atoms with Crippen molar-refractivity contribution in [2.45, 2.75) is 199 Å². The van der Waals surface area contributed by atoms with E-state index < -0.39 is 59.6 Å². The summed E-state index contributed by atoms with van der Waals surface area (Å²) in [7, 11) is 0. The Morgan fingerprint density at radius 2 is 0.468 bits per heavy atom. The normalized spacial score (nSPS) is 20.5. The highest BCUT2D eigenvalue weighted by Crippen LogP contribution is 2.31. The van der Waals surface area contributed by atoms with Crippen LogP contribution in [0.5, 0.6) is 0 Å². The van der Waals surface area contributed by atoms with E-state index in [9.17, 15) is 67.1 Å². The first-order valence-corrected chi connectivity index (χ1v) is 31.6. The number of carbonyl (C=O) groups is 14. The molecule has 8 heterocycles. The van der Waals surface area contributed by atoms with Crippen molar-refractivity contribution in [1.82, 2.24) is 40.9 Å². The van der Waals surface area contributed by atoms with Crippen molar-refractivity contribution in [2.75, 3.05) is 0 Å². The van der Waals surface area contributed by atoms with Crippen LogP contribution in [0.15, 0.2) is 97.1 Å². The van der Waals surface area contributed by atoms with Gasteiger partial charge in [0.1, 0.15) is 24.2 Å². The molecular formula is C72H92N8O14. The maximum Gasteiger partial charge on any atom is 0.262 e. The first kappa shape index (κ1) is 75.4. The Labute approximate surface area is 551 Å². The molecule has 504 valence electrons. The number of imide groups is 6. The summed E-state index contributed by atoms with van der Waals surface area (Å²) in [6.07, 6.45) is 2.00. The quantitative estimate of drug-likeness (QED) is 0.138. The van der Waals surface area contributed by atoms with Crippen LogP contribution in [0.1, 0.15) is 235 Å². The number of fused-ring (bicyclic) bond motifs is 4. The molecule has 0 saturated carbocycles. The van der Waals surface area contributed by atoms with Gasteiger partial charge in [0.25, 0.3) is 35.4 Å². The molecule has 14 amide bonds. The highest BCUT2D eigenvalue weighted by atomic mass is 16.2. The molecule has 22 nitrogen and oxygen atoms in total. The minimum absolute atomic E-state index is 0.125. The third-order valence-corrected chi connectivity index (χ3v) is 13.6. The lowest BCUT2D eigenvalue weighted by atomic mass is 10.0. The zero-order valence-electron chi connectivity index (χ0n) is 57.1. The van der Waals surface area contributed by atoms with E-state index in [2.05, 4.69) is 132 Å². The Balaban J connectivity index is 0.000000207. The van der Waals surface area contributed by atoms with Crippen molar-refractivity contribution in [3.63, 3.8) is 0 Å². The lowest BCUT2D eigenvalue weighted by Crippen LogP contribution is -2.54. The van der Waals surface area contributed by atoms with Gasteiger partial charge in [0, 0.05) is 49.9 Å². The first-order valence-electron chi connectivity index (χ1n) is 31.6. The Hall–Kier alpha value is -9.34. The number of benzene rings is 4. The lowest BCUT2D eigenvalue weighted by Gasteiger charge is -2.29. The Kier molecular flexibility index (Phi) is 25.3. The van der Waals surface area contributed by atoms with Gasteiger partial charge in [-0.2, -0.15) is 0 Å². The summed E-state index contributed by atoms with van der Waals surface area (Å²) >= 11 is 0. The fourth-order valence-corrected chi connectivity index (χ4v) is 9.86. The molecule has 4 fully saturated rings. The fraction of sp³-hybridized carbons (Fsp3) is 0.472. The first-order chi connectivity index (χ1) is 43.5. The topological polar surface area (TPSA) is 300 Å². The SMILES string of the molecule is CC(C)(C)C.CC(C)(C)C.CC(C)(C)C.CC(C)(C)C.O=C1CCC(N2C(=O)c3ccccc3C2=O)C(=O)N1.O=C1CCC(N2C(=O)c3ccccc3C2=O)C(=O)N1.O=C1CCC(N2Cc3ccccc3C2=O)C(=O)N1.O=C1CCC(N2Cc3ccccc3C2=O)C(=O)N1. The van der Waals surface area contributed by atoms with Crippen LogP contribution in [0.4, 0.5) is 0 Å². The van der Waals surface area contributed by atoms with Crippen LogP contribution in [0.3, 0.4) is 0 Å². The van der Waals surface area contributed by atoms with Crippen molar-refractivity contribution in [1.29, 1.82) is 0 Å². The molecule has 4 aromatic rings. The molecule has 12 rings (SSSR count). The minimum Gasteiger partial charge on any atom is -0.322 e. The number of nitrogens with zero attached hydrogens (tertiary/aromatic N) is 4. The third-order valence-electron chi connectivity index (χ3n) is 13.6. The van der Waals surface area contributed by atoms with Gasteiger partial charge in [-0.25, -0.2) is 0 Å². The number of rotatable bonds is 4. The van der Waals surface area contributed by atoms with E-state index in [1.165, 1.54) is 0 Å². The maximum atomic E-state index is 12.2. The van der Waals surface area contributed by atoms with E-state index in [4.69, 9.17) is 0 Å². The number of carbonyl (C=O) groups excluding carboxylic acids is 14. The van der Waals surface area contributed by atoms with E-state index in [1.807, 2.05) is 36.4 Å². The second-order valence-corrected chi connectivity index (χ2v) is 30.1. The van der Waals surface area contributed by atoms with Crippen molar-refractivity contribution in [3.05, 3.63) is 142 Å². The molecule has 22 heteroatoms. The smallest absolute Gasteiger partial charge is 0.262 e. The highest BCUT2D eigenvalue weighted by molar-refractivity contribution is 6.24. The molecule has 0 bridgehead atoms. The maximum absolute atomic E-state index is 12.2. The van der Waals surface area contributed by atoms with Gasteiger partial charge in [-0.15, -0.1) is 0 Å². The van der Waals surface area contributed by atoms with Gasteiger partial charge < -0.3 is 9.80 Å². The molecule has 4 unspecified atom stereocenters. The van der Waals surface area contributed by atoms with E-state index in [0.717, 1.165) is 20.9 Å². The standard InChI is InChI=1S/2C13H10N2O4.2C13H12N2O3.4C5H12/c2*16-10-6-5-9(11(17)14-10)15-12(18)7-3-1-2-4-8(7)13(15)19;2*16-11-6-5-10(12(17)14-11)15-7-8-3-1-2-4-9(8)13(15)18;4*1-5(2,3)4/h2*1-4,9H,5-6H2,(H,14,16,17);2*1-4,10H,5-7H2,(H,14,16,17);4*1-4H3. The summed E-state index contributed by atoms with van der Waals surface area (Å²) in [5, 5.41) is 8.86. The molecule has 4 atom stereocenters. The second kappa shape index (κ2) is 31.5. The molecule has 0 aliphatic carbocycles. The van der Waals surface area contributed by atoms with Crippen LogP contribution in [-0.2, 0) is 51.4 Å². The van der Waals surface area contributed by atoms with Gasteiger partial charge in [-0.05, 0) is 94.9 Å². The van der Waals surface area contributed by atoms with E-state index in [0.29, 0.717) is 81.0 Å². The van der Waals surface area contributed by atoms with Crippen molar-refractivity contribution >= 4 is 82.7 Å². The number of nitrogens with one attached hydrogen (secondary N) is 4. The summed E-state index contributed by atoms with van der Waals surface area (Å²) in [6, 6.07) is 24.7. The van der Waals surface area contributed by atoms with Crippen LogP contribution in [0, 0.1) is 21.7 Å². The summed E-state index contributed by atoms with van der Waals surface area (Å²) in [6.45, 7) is 35.9. The monoisotopic (exact) mass is 1290 g/mol. The van der Waals surface area contributed by atoms with Gasteiger partial charge in [0.15, 0.2) is 0 Å². The van der Waals surface area contributed by atoms with E-state index in [-0.39, 0.29) is 85.8 Å². The Morgan fingerprint density at radius 3 is 0.670 bits per heavy atom. The summed E-state index contributed by atoms with van der Waals surface area (Å²) in [5.41, 5.74) is 6.40. The van der Waals surface area contributed by atoms with Crippen LogP contribution in [0.2, 0.25) is 0 Å². The predicted molar refractivity (Wildman–Crippen MR) is 352 cm³/mol. The lowest BCUT2D eigenvalue weighted by molar-refractivity contribution is -0.138. The predicted octanol–water partition coefficient (Wildman–Crippen LogP) is 9.28. The molecule has 0 spiro atoms. The molecule has 4 saturated heterocycles. The van der Waals surface area contributed by atoms with Gasteiger partial charge in [0.2, 0.25) is 47.3 Å². The van der Waals surface area contributed by atoms with Gasteiger partial charge in [-0.3, -0.25) is 98.2 Å². The Morgan fingerprint density at radius 1 is 0.277 bits per heavy atom. The molecule has 0 aromatic heterocycles. The third kappa shape index (κ3) is 21.9. The fourth-order valence-electron chi connectivity index (χ4n) is 9.86. The molecule has 94 heavy (non-hydrogen) atoms. The Bertz CT molecular complexity index is 3250. The summed E-state index contributed by atoms with van der Waals surface area (Å²) in [5.74, 6) is -5.36. The largest absolute Gasteiger partial charge is 0.322 e. The van der Waals surface area contributed by atoms with Gasteiger partial charge in [0.05, 0.1) is 22.3 Å². The average Bonchev–Trinajstić information content (AvgIpc) is 1.63. The van der Waals surface area contributed by atoms with Gasteiger partial charge >= 0.3 is 0 Å². The molecule has 8 aliphatic heterocycles. The van der Waals surface area contributed by atoms with Crippen molar-refractivity contribution in [3.8, 4) is 0 Å². The molecule has 0 radical (unpaired) electrons. The number of amides is 14. The number of hydrogen-bond donors (Lipinski definition) is 4. The summed E-state index contributed by atoms with van der Waals surface area (Å²) in [4.78, 5) is 169. The van der Waals surface area contributed by atoms with Crippen LogP contribution in [0.25, 0.3) is 0 Å². The number of piperidine rings is 4. The zero-order valence-corrected chi connectivity index (χ0v) is 57.1. The van der Waals surface area contributed by atoms with Crippen LogP contribution < -0.4 is 21.3 Å². The average molecular weight is 1290 g/mol. The molecule has 8 aliphatic rings. The second-order valence-electron chi connectivity index (χ2n) is 30.1. The van der Waals surface area contributed by atoms with Crippen LogP contribution in [-0.4, -0.2) is 126 Å². The van der Waals surface area contributed by atoms with Gasteiger partial charge in [-0.1, -0.05) is 171 Å². The van der Waals surface area contributed by atoms with E-state index in [1.54, 1.807) is 70.5 Å². The molecular weight excluding hydrogens is 1200 g/mol. The highest BCUT2D eigenvalue weighted by Gasteiger charge is 2.46. The zero-order chi connectivity index (χ0) is 70.5. The molecule has 4 N–H and O–H groups in total. The van der Waals surface area contributed by atoms with Crippen molar-refractivity contribution < 1.29 is 67.1 Å². The minimum atomic E-state index is -0.898. The summed E-state index contributed by atoms with van der Waals surface area (Å²) < 4.78 is 0. The molecule has 4 aromatic carbocycles. The van der Waals surface area contributed by atoms with Crippen molar-refractivity contribution in [2.24, 2.45) is 21.7 Å². The van der Waals surface area contributed by atoms with Crippen LogP contribution >= 0.6 is 0 Å².